The Morgan fingerprint density at radius 2 is 2.12 bits per heavy atom. The molecule has 0 radical (unpaired) electrons. The van der Waals surface area contributed by atoms with Gasteiger partial charge >= 0.3 is 0 Å². The van der Waals surface area contributed by atoms with Gasteiger partial charge in [-0.3, -0.25) is 4.98 Å². The lowest BCUT2D eigenvalue weighted by Crippen LogP contribution is -2.30. The lowest BCUT2D eigenvalue weighted by molar-refractivity contribution is 0.261. The third-order valence-electron chi connectivity index (χ3n) is 3.73. The van der Waals surface area contributed by atoms with Crippen LogP contribution in [-0.4, -0.2) is 11.0 Å². The Labute approximate surface area is 102 Å². The van der Waals surface area contributed by atoms with Crippen molar-refractivity contribution in [2.45, 2.75) is 39.2 Å². The molecule has 1 heterocycles. The largest absolute Gasteiger partial charge is 0.380 e. The molecule has 2 rings (SSSR count). The van der Waals surface area contributed by atoms with E-state index in [1.807, 2.05) is 12.3 Å². The number of aromatic nitrogens is 1. The SMILES string of the molecule is CC1CCC(Nc2cnccc2Cl)CC1C. The number of nitrogens with zero attached hydrogens (tertiary/aromatic N) is 1. The van der Waals surface area contributed by atoms with Crippen LogP contribution < -0.4 is 5.32 Å². The van der Waals surface area contributed by atoms with Gasteiger partial charge in [0.15, 0.2) is 0 Å². The van der Waals surface area contributed by atoms with Crippen molar-refractivity contribution in [1.82, 2.24) is 4.98 Å². The predicted octanol–water partition coefficient (Wildman–Crippen LogP) is 3.97. The molecule has 3 atom stereocenters. The van der Waals surface area contributed by atoms with Gasteiger partial charge in [0.05, 0.1) is 16.9 Å². The molecule has 1 aromatic rings. The zero-order chi connectivity index (χ0) is 11.5. The molecule has 2 nitrogen and oxygen atoms in total. The Morgan fingerprint density at radius 1 is 1.31 bits per heavy atom. The Morgan fingerprint density at radius 3 is 2.81 bits per heavy atom. The van der Waals surface area contributed by atoms with Gasteiger partial charge in [-0.05, 0) is 37.2 Å². The van der Waals surface area contributed by atoms with Crippen LogP contribution in [-0.2, 0) is 0 Å². The molecule has 1 N–H and O–H groups in total. The summed E-state index contributed by atoms with van der Waals surface area (Å²) in [7, 11) is 0. The summed E-state index contributed by atoms with van der Waals surface area (Å²) in [6.07, 6.45) is 7.30. The molecular weight excluding hydrogens is 220 g/mol. The second kappa shape index (κ2) is 5.05. The second-order valence-corrected chi connectivity index (χ2v) is 5.37. The quantitative estimate of drug-likeness (QED) is 0.843. The van der Waals surface area contributed by atoms with Crippen molar-refractivity contribution in [3.63, 3.8) is 0 Å². The van der Waals surface area contributed by atoms with Gasteiger partial charge in [0.2, 0.25) is 0 Å². The standard InChI is InChI=1S/C13H19ClN2/c1-9-3-4-11(7-10(9)2)16-13-8-15-6-5-12(13)14/h5-6,8-11,16H,3-4,7H2,1-2H3. The topological polar surface area (TPSA) is 24.9 Å². The van der Waals surface area contributed by atoms with Crippen molar-refractivity contribution in [1.29, 1.82) is 0 Å². The van der Waals surface area contributed by atoms with Gasteiger partial charge in [-0.15, -0.1) is 0 Å². The minimum atomic E-state index is 0.549. The molecule has 1 fully saturated rings. The Kier molecular flexibility index (Phi) is 3.70. The number of hydrogen-bond acceptors (Lipinski definition) is 2. The van der Waals surface area contributed by atoms with Crippen LogP contribution in [0.5, 0.6) is 0 Å². The predicted molar refractivity (Wildman–Crippen MR) is 68.8 cm³/mol. The van der Waals surface area contributed by atoms with Crippen molar-refractivity contribution in [2.24, 2.45) is 11.8 Å². The van der Waals surface area contributed by atoms with E-state index in [0.29, 0.717) is 6.04 Å². The number of nitrogens with one attached hydrogen (secondary N) is 1. The van der Waals surface area contributed by atoms with Crippen molar-refractivity contribution < 1.29 is 0 Å². The minimum Gasteiger partial charge on any atom is -0.380 e. The fourth-order valence-electron chi connectivity index (χ4n) is 2.38. The number of halogens is 1. The molecule has 0 spiro atoms. The summed E-state index contributed by atoms with van der Waals surface area (Å²) >= 11 is 6.11. The van der Waals surface area contributed by atoms with Gasteiger partial charge in [-0.1, -0.05) is 25.4 Å². The van der Waals surface area contributed by atoms with Crippen LogP contribution in [0.25, 0.3) is 0 Å². The molecule has 0 saturated heterocycles. The Hall–Kier alpha value is -0.760. The second-order valence-electron chi connectivity index (χ2n) is 4.96. The van der Waals surface area contributed by atoms with Crippen LogP contribution in [0.15, 0.2) is 18.5 Å². The fourth-order valence-corrected chi connectivity index (χ4v) is 2.54. The van der Waals surface area contributed by atoms with Crippen LogP contribution in [0.4, 0.5) is 5.69 Å². The third kappa shape index (κ3) is 2.67. The first-order chi connectivity index (χ1) is 7.66. The van der Waals surface area contributed by atoms with E-state index in [1.165, 1.54) is 19.3 Å². The lowest BCUT2D eigenvalue weighted by Gasteiger charge is -2.33. The third-order valence-corrected chi connectivity index (χ3v) is 4.06. The number of anilines is 1. The maximum absolute atomic E-state index is 6.11. The first-order valence-corrected chi connectivity index (χ1v) is 6.40. The maximum Gasteiger partial charge on any atom is 0.0718 e. The first kappa shape index (κ1) is 11.7. The highest BCUT2D eigenvalue weighted by Gasteiger charge is 2.24. The summed E-state index contributed by atoms with van der Waals surface area (Å²) < 4.78 is 0. The average Bonchev–Trinajstić information content (AvgIpc) is 2.27. The summed E-state index contributed by atoms with van der Waals surface area (Å²) in [5.74, 6) is 1.64. The van der Waals surface area contributed by atoms with Gasteiger partial charge in [0, 0.05) is 12.2 Å². The zero-order valence-electron chi connectivity index (χ0n) is 9.91. The first-order valence-electron chi connectivity index (χ1n) is 6.03. The van der Waals surface area contributed by atoms with Gasteiger partial charge in [0.25, 0.3) is 0 Å². The molecule has 1 saturated carbocycles. The van der Waals surface area contributed by atoms with Gasteiger partial charge in [-0.2, -0.15) is 0 Å². The number of rotatable bonds is 2. The van der Waals surface area contributed by atoms with Crippen LogP contribution in [0.1, 0.15) is 33.1 Å². The van der Waals surface area contributed by atoms with E-state index in [1.54, 1.807) is 6.20 Å². The molecule has 88 valence electrons. The molecule has 3 unspecified atom stereocenters. The molecule has 3 heteroatoms. The average molecular weight is 239 g/mol. The molecule has 0 aliphatic heterocycles. The molecule has 1 aromatic heterocycles. The van der Waals surface area contributed by atoms with E-state index < -0.39 is 0 Å². The van der Waals surface area contributed by atoms with E-state index in [2.05, 4.69) is 24.1 Å². The minimum absolute atomic E-state index is 0.549. The highest BCUT2D eigenvalue weighted by atomic mass is 35.5. The van der Waals surface area contributed by atoms with Crippen molar-refractivity contribution in [3.05, 3.63) is 23.5 Å². The lowest BCUT2D eigenvalue weighted by atomic mass is 9.79. The Balaban J connectivity index is 1.98. The highest BCUT2D eigenvalue weighted by Crippen LogP contribution is 2.32. The normalized spacial score (nSPS) is 30.1. The number of pyridine rings is 1. The van der Waals surface area contributed by atoms with E-state index in [9.17, 15) is 0 Å². The number of hydrogen-bond donors (Lipinski definition) is 1. The highest BCUT2D eigenvalue weighted by molar-refractivity contribution is 6.33. The van der Waals surface area contributed by atoms with E-state index in [-0.39, 0.29) is 0 Å². The summed E-state index contributed by atoms with van der Waals surface area (Å²) in [6, 6.07) is 2.38. The maximum atomic E-state index is 6.11. The molecule has 1 aliphatic carbocycles. The van der Waals surface area contributed by atoms with E-state index in [4.69, 9.17) is 11.6 Å². The summed E-state index contributed by atoms with van der Waals surface area (Å²) in [4.78, 5) is 4.10. The summed E-state index contributed by atoms with van der Waals surface area (Å²) in [6.45, 7) is 4.68. The molecule has 0 amide bonds. The van der Waals surface area contributed by atoms with Crippen molar-refractivity contribution >= 4 is 17.3 Å². The summed E-state index contributed by atoms with van der Waals surface area (Å²) in [5.41, 5.74) is 0.968. The van der Waals surface area contributed by atoms with Crippen LogP contribution in [0.2, 0.25) is 5.02 Å². The monoisotopic (exact) mass is 238 g/mol. The van der Waals surface area contributed by atoms with E-state index in [0.717, 1.165) is 22.5 Å². The van der Waals surface area contributed by atoms with Gasteiger partial charge in [0.1, 0.15) is 0 Å². The van der Waals surface area contributed by atoms with Crippen LogP contribution in [0, 0.1) is 11.8 Å². The molecule has 0 aromatic carbocycles. The molecule has 16 heavy (non-hydrogen) atoms. The van der Waals surface area contributed by atoms with Crippen molar-refractivity contribution in [3.8, 4) is 0 Å². The smallest absolute Gasteiger partial charge is 0.0718 e. The van der Waals surface area contributed by atoms with Gasteiger partial charge in [-0.25, -0.2) is 0 Å². The zero-order valence-corrected chi connectivity index (χ0v) is 10.7. The van der Waals surface area contributed by atoms with Crippen LogP contribution >= 0.6 is 11.6 Å². The fraction of sp³-hybridized carbons (Fsp3) is 0.615. The summed E-state index contributed by atoms with van der Waals surface area (Å²) in [5, 5.41) is 4.27. The van der Waals surface area contributed by atoms with Gasteiger partial charge < -0.3 is 5.32 Å². The van der Waals surface area contributed by atoms with E-state index >= 15 is 0 Å². The Bertz CT molecular complexity index is 354. The van der Waals surface area contributed by atoms with Crippen molar-refractivity contribution in [2.75, 3.05) is 5.32 Å². The molecule has 0 bridgehead atoms. The van der Waals surface area contributed by atoms with Crippen LogP contribution in [0.3, 0.4) is 0 Å². The molecular formula is C13H19ClN2. The molecule has 1 aliphatic rings.